The highest BCUT2D eigenvalue weighted by Gasteiger charge is 2.55. The van der Waals surface area contributed by atoms with Crippen LogP contribution >= 0.6 is 0 Å². The van der Waals surface area contributed by atoms with Crippen molar-refractivity contribution < 1.29 is 18.3 Å². The fourth-order valence-electron chi connectivity index (χ4n) is 3.39. The van der Waals surface area contributed by atoms with Gasteiger partial charge in [-0.25, -0.2) is 8.42 Å². The molecule has 0 unspecified atom stereocenters. The lowest BCUT2D eigenvalue weighted by molar-refractivity contribution is -0.125. The van der Waals surface area contributed by atoms with Crippen LogP contribution in [0.2, 0.25) is 0 Å². The van der Waals surface area contributed by atoms with Gasteiger partial charge in [-0.1, -0.05) is 36.4 Å². The number of rotatable bonds is 2. The molecule has 0 aliphatic carbocycles. The molecule has 132 valence electrons. The summed E-state index contributed by atoms with van der Waals surface area (Å²) in [4.78, 5) is 12.6. The molecule has 25 heavy (non-hydrogen) atoms. The highest BCUT2D eigenvalue weighted by Crippen LogP contribution is 2.45. The van der Waals surface area contributed by atoms with E-state index in [1.54, 1.807) is 24.3 Å². The van der Waals surface area contributed by atoms with Gasteiger partial charge in [0.05, 0.1) is 0 Å². The molecule has 0 radical (unpaired) electrons. The third-order valence-electron chi connectivity index (χ3n) is 5.21. The molecule has 1 saturated heterocycles. The second-order valence-electron chi connectivity index (χ2n) is 6.92. The zero-order valence-corrected chi connectivity index (χ0v) is 15.6. The molecule has 2 aromatic carbocycles. The van der Waals surface area contributed by atoms with Gasteiger partial charge in [-0.15, -0.1) is 0 Å². The molecule has 0 bridgehead atoms. The lowest BCUT2D eigenvalue weighted by Crippen LogP contribution is -2.21. The Bertz CT molecular complexity index is 960. The van der Waals surface area contributed by atoms with Crippen molar-refractivity contribution in [2.75, 3.05) is 0 Å². The fraction of sp³-hybridized carbons (Fsp3) is 0.350. The predicted octanol–water partition coefficient (Wildman–Crippen LogP) is 3.06. The van der Waals surface area contributed by atoms with Crippen molar-refractivity contribution in [2.24, 2.45) is 0 Å². The van der Waals surface area contributed by atoms with Crippen LogP contribution in [0.5, 0.6) is 0 Å². The lowest BCUT2D eigenvalue weighted by Gasteiger charge is -2.16. The van der Waals surface area contributed by atoms with Crippen LogP contribution in [0, 0.1) is 27.7 Å². The zero-order chi connectivity index (χ0) is 18.5. The lowest BCUT2D eigenvalue weighted by atomic mass is 9.96. The Balaban J connectivity index is 2.13. The molecule has 3 rings (SSSR count). The number of aliphatic hydroxyl groups excluding tert-OH is 1. The number of hydrogen-bond donors (Lipinski definition) is 1. The Hall–Kier alpha value is -1.98. The van der Waals surface area contributed by atoms with Gasteiger partial charge >= 0.3 is 0 Å². The molecule has 2 aromatic rings. The Kier molecular flexibility index (Phi) is 4.33. The van der Waals surface area contributed by atoms with Crippen molar-refractivity contribution >= 4 is 15.6 Å². The molecule has 0 aromatic heterocycles. The summed E-state index contributed by atoms with van der Waals surface area (Å²) < 4.78 is 26.3. The van der Waals surface area contributed by atoms with E-state index >= 15 is 0 Å². The van der Waals surface area contributed by atoms with Gasteiger partial charge in [0.25, 0.3) is 0 Å². The van der Waals surface area contributed by atoms with E-state index in [4.69, 9.17) is 0 Å². The smallest absolute Gasteiger partial charge is 0.185 e. The Morgan fingerprint density at radius 1 is 0.800 bits per heavy atom. The van der Waals surface area contributed by atoms with Gasteiger partial charge in [0, 0.05) is 0 Å². The normalized spacial score (nSPS) is 25.3. The molecule has 0 saturated carbocycles. The number of Topliss-reactive ketones (excluding diaryl/α,β-unsaturated/α-hetero) is 1. The van der Waals surface area contributed by atoms with E-state index in [-0.39, 0.29) is 0 Å². The van der Waals surface area contributed by atoms with Crippen LogP contribution in [0.15, 0.2) is 36.4 Å². The molecule has 1 N–H and O–H groups in total. The van der Waals surface area contributed by atoms with Crippen LogP contribution in [0.1, 0.15) is 43.9 Å². The minimum Gasteiger partial charge on any atom is -0.384 e. The minimum absolute atomic E-state index is 0.429. The van der Waals surface area contributed by atoms with E-state index < -0.39 is 32.2 Å². The van der Waals surface area contributed by atoms with E-state index in [1.165, 1.54) is 0 Å². The maximum Gasteiger partial charge on any atom is 0.185 e. The summed E-state index contributed by atoms with van der Waals surface area (Å²) in [5.41, 5.74) is 4.81. The van der Waals surface area contributed by atoms with Crippen LogP contribution in [-0.2, 0) is 14.6 Å². The molecule has 1 aliphatic heterocycles. The fourth-order valence-corrected chi connectivity index (χ4v) is 5.69. The third-order valence-corrected chi connectivity index (χ3v) is 7.61. The number of hydrogen-bond acceptors (Lipinski definition) is 4. The van der Waals surface area contributed by atoms with Crippen molar-refractivity contribution in [1.82, 2.24) is 0 Å². The van der Waals surface area contributed by atoms with Crippen molar-refractivity contribution in [1.29, 1.82) is 0 Å². The van der Waals surface area contributed by atoms with Crippen LogP contribution in [0.25, 0.3) is 0 Å². The van der Waals surface area contributed by atoms with Gasteiger partial charge in [-0.2, -0.15) is 0 Å². The summed E-state index contributed by atoms with van der Waals surface area (Å²) in [7, 11) is -3.89. The first kappa shape index (κ1) is 17.8. The minimum atomic E-state index is -3.89. The highest BCUT2D eigenvalue weighted by molar-refractivity contribution is 7.93. The number of aryl methyl sites for hydroxylation is 4. The highest BCUT2D eigenvalue weighted by atomic mass is 32.2. The molecule has 4 nitrogen and oxygen atoms in total. The van der Waals surface area contributed by atoms with E-state index in [0.29, 0.717) is 11.1 Å². The summed E-state index contributed by atoms with van der Waals surface area (Å²) in [6.45, 7) is 7.62. The van der Waals surface area contributed by atoms with Gasteiger partial charge in [-0.3, -0.25) is 4.79 Å². The Morgan fingerprint density at radius 2 is 1.28 bits per heavy atom. The molecule has 3 atom stereocenters. The van der Waals surface area contributed by atoms with E-state index in [1.807, 2.05) is 39.8 Å². The standard InChI is InChI=1S/C20H22O4S/c1-11-5-7-15(9-13(11)3)19-17(21)18(22)20(25(19,23)24)16-8-6-12(2)14(4)10-16/h5-10,17,19-21H,1-4H3/t17-,19-,20+/m0/s1. The second kappa shape index (κ2) is 6.07. The van der Waals surface area contributed by atoms with E-state index in [9.17, 15) is 18.3 Å². The first-order chi connectivity index (χ1) is 11.6. The van der Waals surface area contributed by atoms with Crippen LogP contribution in [-0.4, -0.2) is 25.4 Å². The molecule has 5 heteroatoms. The van der Waals surface area contributed by atoms with Crippen LogP contribution in [0.3, 0.4) is 0 Å². The maximum absolute atomic E-state index is 13.1. The number of ketones is 1. The Morgan fingerprint density at radius 3 is 1.80 bits per heavy atom. The molecule has 0 spiro atoms. The second-order valence-corrected chi connectivity index (χ2v) is 9.08. The van der Waals surface area contributed by atoms with Crippen LogP contribution in [0.4, 0.5) is 0 Å². The monoisotopic (exact) mass is 358 g/mol. The summed E-state index contributed by atoms with van der Waals surface area (Å²) in [6.07, 6.45) is -1.54. The van der Waals surface area contributed by atoms with Crippen molar-refractivity contribution in [3.05, 3.63) is 69.8 Å². The molecular weight excluding hydrogens is 336 g/mol. The average Bonchev–Trinajstić information content (AvgIpc) is 2.71. The molecule has 1 fully saturated rings. The first-order valence-electron chi connectivity index (χ1n) is 8.23. The van der Waals surface area contributed by atoms with Crippen molar-refractivity contribution in [3.63, 3.8) is 0 Å². The summed E-state index contributed by atoms with van der Waals surface area (Å²) in [5, 5.41) is 7.91. The number of aliphatic hydroxyl groups is 1. The topological polar surface area (TPSA) is 71.4 Å². The third kappa shape index (κ3) is 2.81. The molecule has 1 heterocycles. The SMILES string of the molecule is Cc1ccc([C@@H]2C(=O)[C@H](O)[C@H](c3ccc(C)c(C)c3)S2(=O)=O)cc1C. The van der Waals surface area contributed by atoms with Gasteiger partial charge in [0.1, 0.15) is 16.6 Å². The zero-order valence-electron chi connectivity index (χ0n) is 14.8. The number of carbonyl (C=O) groups excluding carboxylic acids is 1. The quantitative estimate of drug-likeness (QED) is 0.896. The largest absolute Gasteiger partial charge is 0.384 e. The number of carbonyl (C=O) groups is 1. The molecular formula is C20H22O4S. The van der Waals surface area contributed by atoms with Gasteiger partial charge in [0.2, 0.25) is 0 Å². The van der Waals surface area contributed by atoms with Gasteiger partial charge in [0.15, 0.2) is 15.6 Å². The molecule has 1 aliphatic rings. The first-order valence-corrected chi connectivity index (χ1v) is 9.84. The van der Waals surface area contributed by atoms with Crippen molar-refractivity contribution in [3.8, 4) is 0 Å². The predicted molar refractivity (Wildman–Crippen MR) is 97.2 cm³/mol. The van der Waals surface area contributed by atoms with E-state index in [0.717, 1.165) is 22.3 Å². The summed E-state index contributed by atoms with van der Waals surface area (Å²) in [6, 6.07) is 10.5. The van der Waals surface area contributed by atoms with Gasteiger partial charge < -0.3 is 5.11 Å². The number of sulfone groups is 1. The maximum atomic E-state index is 13.1. The summed E-state index contributed by atoms with van der Waals surface area (Å²) in [5.74, 6) is -0.647. The number of benzene rings is 2. The molecule has 0 amide bonds. The Labute approximate surface area is 148 Å². The van der Waals surface area contributed by atoms with Crippen LogP contribution < -0.4 is 0 Å². The van der Waals surface area contributed by atoms with E-state index in [2.05, 4.69) is 0 Å². The summed E-state index contributed by atoms with van der Waals surface area (Å²) >= 11 is 0. The van der Waals surface area contributed by atoms with Crippen molar-refractivity contribution in [2.45, 2.75) is 44.3 Å². The van der Waals surface area contributed by atoms with Gasteiger partial charge in [-0.05, 0) is 61.1 Å². The average molecular weight is 358 g/mol.